The predicted octanol–water partition coefficient (Wildman–Crippen LogP) is 4.56. The van der Waals surface area contributed by atoms with Crippen molar-refractivity contribution in [2.24, 2.45) is 0 Å². The van der Waals surface area contributed by atoms with Crippen molar-refractivity contribution in [1.29, 1.82) is 0 Å². The molecule has 0 bridgehead atoms. The highest BCUT2D eigenvalue weighted by Gasteiger charge is 2.07. The molecule has 22 heavy (non-hydrogen) atoms. The van der Waals surface area contributed by atoms with Crippen LogP contribution in [0, 0.1) is 0 Å². The van der Waals surface area contributed by atoms with E-state index in [9.17, 15) is 0 Å². The zero-order valence-electron chi connectivity index (χ0n) is 12.6. The first-order chi connectivity index (χ1) is 10.6. The molecule has 118 valence electrons. The molecule has 0 radical (unpaired) electrons. The number of halogens is 2. The Morgan fingerprint density at radius 1 is 1.09 bits per heavy atom. The second-order valence-corrected chi connectivity index (χ2v) is 5.83. The van der Waals surface area contributed by atoms with Crippen molar-refractivity contribution >= 4 is 23.2 Å². The second-order valence-electron chi connectivity index (χ2n) is 4.98. The molecule has 0 saturated heterocycles. The van der Waals surface area contributed by atoms with Gasteiger partial charge in [-0.15, -0.1) is 0 Å². The van der Waals surface area contributed by atoms with E-state index in [4.69, 9.17) is 32.7 Å². The fraction of sp³-hybridized carbons (Fsp3) is 0.294. The monoisotopic (exact) mass is 339 g/mol. The van der Waals surface area contributed by atoms with Crippen LogP contribution in [0.2, 0.25) is 10.0 Å². The highest BCUT2D eigenvalue weighted by atomic mass is 35.5. The number of hydrogen-bond acceptors (Lipinski definition) is 3. The Hall–Kier alpha value is -1.42. The Kier molecular flexibility index (Phi) is 6.37. The van der Waals surface area contributed by atoms with Crippen LogP contribution in [-0.4, -0.2) is 19.8 Å². The van der Waals surface area contributed by atoms with Crippen molar-refractivity contribution in [3.63, 3.8) is 0 Å². The van der Waals surface area contributed by atoms with Gasteiger partial charge in [0.1, 0.15) is 17.6 Å². The van der Waals surface area contributed by atoms with Gasteiger partial charge in [0.2, 0.25) is 0 Å². The number of ether oxygens (including phenoxy) is 2. The van der Waals surface area contributed by atoms with Gasteiger partial charge in [-0.2, -0.15) is 0 Å². The van der Waals surface area contributed by atoms with Crippen LogP contribution in [0.1, 0.15) is 12.5 Å². The van der Waals surface area contributed by atoms with Gasteiger partial charge < -0.3 is 14.8 Å². The largest absolute Gasteiger partial charge is 0.497 e. The fourth-order valence-electron chi connectivity index (χ4n) is 1.99. The molecule has 0 aliphatic rings. The molecule has 0 aromatic heterocycles. The molecular weight excluding hydrogens is 321 g/mol. The van der Waals surface area contributed by atoms with Gasteiger partial charge in [-0.25, -0.2) is 0 Å². The van der Waals surface area contributed by atoms with E-state index >= 15 is 0 Å². The van der Waals surface area contributed by atoms with Crippen LogP contribution in [-0.2, 0) is 6.54 Å². The van der Waals surface area contributed by atoms with Crippen LogP contribution in [0.15, 0.2) is 42.5 Å². The summed E-state index contributed by atoms with van der Waals surface area (Å²) in [6.07, 6.45) is -0.00285. The fourth-order valence-corrected chi connectivity index (χ4v) is 2.45. The third-order valence-electron chi connectivity index (χ3n) is 3.14. The molecule has 2 aromatic rings. The number of benzene rings is 2. The van der Waals surface area contributed by atoms with Gasteiger partial charge in [-0.05, 0) is 42.8 Å². The van der Waals surface area contributed by atoms with E-state index in [0.29, 0.717) is 22.3 Å². The zero-order valence-corrected chi connectivity index (χ0v) is 14.1. The number of nitrogens with one attached hydrogen (secondary N) is 1. The lowest BCUT2D eigenvalue weighted by Gasteiger charge is -2.16. The summed E-state index contributed by atoms with van der Waals surface area (Å²) in [7, 11) is 1.66. The minimum Gasteiger partial charge on any atom is -0.497 e. The molecule has 3 nitrogen and oxygen atoms in total. The van der Waals surface area contributed by atoms with Crippen LogP contribution in [0.4, 0.5) is 0 Å². The second kappa shape index (κ2) is 8.28. The lowest BCUT2D eigenvalue weighted by molar-refractivity contribution is 0.217. The van der Waals surface area contributed by atoms with Crippen molar-refractivity contribution in [1.82, 2.24) is 5.32 Å². The molecule has 0 fully saturated rings. The molecule has 0 aliphatic heterocycles. The summed E-state index contributed by atoms with van der Waals surface area (Å²) >= 11 is 12.0. The molecule has 2 aromatic carbocycles. The lowest BCUT2D eigenvalue weighted by Crippen LogP contribution is -2.28. The molecule has 5 heteroatoms. The van der Waals surface area contributed by atoms with Crippen LogP contribution in [0.3, 0.4) is 0 Å². The van der Waals surface area contributed by atoms with Gasteiger partial charge in [0.15, 0.2) is 0 Å². The van der Waals surface area contributed by atoms with E-state index in [0.717, 1.165) is 12.3 Å². The van der Waals surface area contributed by atoms with Crippen molar-refractivity contribution in [2.75, 3.05) is 13.7 Å². The van der Waals surface area contributed by atoms with Gasteiger partial charge in [0, 0.05) is 18.1 Å². The first-order valence-corrected chi connectivity index (χ1v) is 7.79. The van der Waals surface area contributed by atoms with Crippen LogP contribution in [0.25, 0.3) is 0 Å². The highest BCUT2D eigenvalue weighted by Crippen LogP contribution is 2.28. The minimum absolute atomic E-state index is 0.00285. The highest BCUT2D eigenvalue weighted by molar-refractivity contribution is 6.35. The third-order valence-corrected chi connectivity index (χ3v) is 3.67. The Morgan fingerprint density at radius 3 is 2.45 bits per heavy atom. The molecule has 0 amide bonds. The SMILES string of the molecule is COc1ccc(CNCC(C)Oc2ccc(Cl)cc2Cl)cc1. The van der Waals surface area contributed by atoms with Gasteiger partial charge >= 0.3 is 0 Å². The summed E-state index contributed by atoms with van der Waals surface area (Å²) in [5.74, 6) is 1.50. The van der Waals surface area contributed by atoms with E-state index in [1.165, 1.54) is 5.56 Å². The Labute approximate surface area is 141 Å². The number of methoxy groups -OCH3 is 1. The molecular formula is C17H19Cl2NO2. The van der Waals surface area contributed by atoms with Crippen molar-refractivity contribution in [3.8, 4) is 11.5 Å². The predicted molar refractivity (Wildman–Crippen MR) is 91.3 cm³/mol. The lowest BCUT2D eigenvalue weighted by atomic mass is 10.2. The first-order valence-electron chi connectivity index (χ1n) is 7.04. The van der Waals surface area contributed by atoms with E-state index in [-0.39, 0.29) is 6.10 Å². The Morgan fingerprint density at radius 2 is 1.82 bits per heavy atom. The summed E-state index contributed by atoms with van der Waals surface area (Å²) in [5.41, 5.74) is 1.19. The topological polar surface area (TPSA) is 30.5 Å². The van der Waals surface area contributed by atoms with E-state index in [1.807, 2.05) is 31.2 Å². The maximum Gasteiger partial charge on any atom is 0.138 e. The normalized spacial score (nSPS) is 12.0. The Bertz CT molecular complexity index is 602. The average molecular weight is 340 g/mol. The minimum atomic E-state index is -0.00285. The van der Waals surface area contributed by atoms with Gasteiger partial charge in [0.05, 0.1) is 12.1 Å². The molecule has 2 rings (SSSR count). The summed E-state index contributed by atoms with van der Waals surface area (Å²) in [4.78, 5) is 0. The van der Waals surface area contributed by atoms with Crippen LogP contribution < -0.4 is 14.8 Å². The third kappa shape index (κ3) is 5.09. The molecule has 1 unspecified atom stereocenters. The molecule has 1 atom stereocenters. The van der Waals surface area contributed by atoms with Gasteiger partial charge in [-0.3, -0.25) is 0 Å². The van der Waals surface area contributed by atoms with Gasteiger partial charge in [-0.1, -0.05) is 35.3 Å². The smallest absolute Gasteiger partial charge is 0.138 e. The van der Waals surface area contributed by atoms with E-state index in [1.54, 1.807) is 25.3 Å². The summed E-state index contributed by atoms with van der Waals surface area (Å²) in [6.45, 7) is 3.48. The van der Waals surface area contributed by atoms with E-state index in [2.05, 4.69) is 5.32 Å². The van der Waals surface area contributed by atoms with Crippen molar-refractivity contribution in [3.05, 3.63) is 58.1 Å². The first kappa shape index (κ1) is 16.9. The van der Waals surface area contributed by atoms with Gasteiger partial charge in [0.25, 0.3) is 0 Å². The van der Waals surface area contributed by atoms with Crippen molar-refractivity contribution in [2.45, 2.75) is 19.6 Å². The summed E-state index contributed by atoms with van der Waals surface area (Å²) in [6, 6.07) is 13.2. The molecule has 0 spiro atoms. The maximum absolute atomic E-state index is 6.09. The van der Waals surface area contributed by atoms with Crippen LogP contribution >= 0.6 is 23.2 Å². The van der Waals surface area contributed by atoms with Crippen LogP contribution in [0.5, 0.6) is 11.5 Å². The van der Waals surface area contributed by atoms with Crippen molar-refractivity contribution < 1.29 is 9.47 Å². The summed E-state index contributed by atoms with van der Waals surface area (Å²) in [5, 5.41) is 4.48. The number of rotatable bonds is 7. The summed E-state index contributed by atoms with van der Waals surface area (Å²) < 4.78 is 10.9. The quantitative estimate of drug-likeness (QED) is 0.802. The zero-order chi connectivity index (χ0) is 15.9. The standard InChI is InChI=1S/C17H19Cl2NO2/c1-12(22-17-8-5-14(18)9-16(17)19)10-20-11-13-3-6-15(21-2)7-4-13/h3-9,12,20H,10-11H2,1-2H3. The van der Waals surface area contributed by atoms with E-state index < -0.39 is 0 Å². The maximum atomic E-state index is 6.09. The molecule has 0 heterocycles. The number of hydrogen-bond donors (Lipinski definition) is 1. The molecule has 1 N–H and O–H groups in total. The Balaban J connectivity index is 1.78. The molecule has 0 aliphatic carbocycles. The average Bonchev–Trinajstić information content (AvgIpc) is 2.51. The molecule has 0 saturated carbocycles.